The molecule has 0 aliphatic carbocycles. The smallest absolute Gasteiger partial charge is 0.120 e. The molecule has 1 unspecified atom stereocenters. The standard InChI is InChI=1S/C15H21NO3/c1-3-17-12-13(2)18-8-5-9-19-15-7-4-6-14(10-15)11-16/h4,6-7,10,13H,3,5,8-9,12H2,1-2H3. The lowest BCUT2D eigenvalue weighted by Crippen LogP contribution is -2.17. The minimum atomic E-state index is 0.113. The maximum Gasteiger partial charge on any atom is 0.120 e. The Labute approximate surface area is 114 Å². The second-order valence-corrected chi connectivity index (χ2v) is 4.18. The highest BCUT2D eigenvalue weighted by Gasteiger charge is 2.01. The van der Waals surface area contributed by atoms with Gasteiger partial charge in [-0.15, -0.1) is 0 Å². The lowest BCUT2D eigenvalue weighted by molar-refractivity contribution is -0.00666. The highest BCUT2D eigenvalue weighted by molar-refractivity contribution is 5.36. The zero-order chi connectivity index (χ0) is 13.9. The van der Waals surface area contributed by atoms with Crippen LogP contribution in [0.2, 0.25) is 0 Å². The van der Waals surface area contributed by atoms with E-state index in [-0.39, 0.29) is 6.10 Å². The zero-order valence-electron chi connectivity index (χ0n) is 11.6. The minimum Gasteiger partial charge on any atom is -0.493 e. The van der Waals surface area contributed by atoms with Crippen LogP contribution >= 0.6 is 0 Å². The average molecular weight is 263 g/mol. The molecule has 1 atom stereocenters. The summed E-state index contributed by atoms with van der Waals surface area (Å²) in [6.07, 6.45) is 0.926. The largest absolute Gasteiger partial charge is 0.493 e. The van der Waals surface area contributed by atoms with E-state index in [4.69, 9.17) is 19.5 Å². The van der Waals surface area contributed by atoms with Crippen molar-refractivity contribution in [3.05, 3.63) is 29.8 Å². The summed E-state index contributed by atoms with van der Waals surface area (Å²) in [7, 11) is 0. The third kappa shape index (κ3) is 6.80. The van der Waals surface area contributed by atoms with Crippen molar-refractivity contribution >= 4 is 0 Å². The van der Waals surface area contributed by atoms with Crippen LogP contribution in [0.4, 0.5) is 0 Å². The first-order valence-corrected chi connectivity index (χ1v) is 6.58. The van der Waals surface area contributed by atoms with Crippen LogP contribution in [0.3, 0.4) is 0 Å². The molecule has 1 aromatic rings. The maximum atomic E-state index is 8.77. The predicted octanol–water partition coefficient (Wildman–Crippen LogP) is 2.77. The highest BCUT2D eigenvalue weighted by atomic mass is 16.5. The molecule has 0 aliphatic heterocycles. The molecule has 0 radical (unpaired) electrons. The van der Waals surface area contributed by atoms with Crippen LogP contribution in [0.5, 0.6) is 5.75 Å². The van der Waals surface area contributed by atoms with Crippen LogP contribution in [0, 0.1) is 11.3 Å². The molecule has 0 spiro atoms. The Hall–Kier alpha value is -1.57. The van der Waals surface area contributed by atoms with Crippen molar-refractivity contribution in [2.45, 2.75) is 26.4 Å². The molecule has 0 fully saturated rings. The van der Waals surface area contributed by atoms with Gasteiger partial charge in [0, 0.05) is 13.0 Å². The van der Waals surface area contributed by atoms with Crippen molar-refractivity contribution in [3.8, 4) is 11.8 Å². The Kier molecular flexibility index (Phi) is 7.64. The van der Waals surface area contributed by atoms with Crippen LogP contribution in [0.25, 0.3) is 0 Å². The molecule has 0 N–H and O–H groups in total. The van der Waals surface area contributed by atoms with Gasteiger partial charge in [0.1, 0.15) is 5.75 Å². The van der Waals surface area contributed by atoms with Gasteiger partial charge in [-0.25, -0.2) is 0 Å². The second kappa shape index (κ2) is 9.37. The van der Waals surface area contributed by atoms with E-state index in [0.29, 0.717) is 32.0 Å². The first-order valence-electron chi connectivity index (χ1n) is 6.58. The molecular weight excluding hydrogens is 242 g/mol. The number of nitriles is 1. The molecule has 0 aromatic heterocycles. The molecule has 0 amide bonds. The Morgan fingerprint density at radius 2 is 2.16 bits per heavy atom. The zero-order valence-corrected chi connectivity index (χ0v) is 11.6. The molecule has 1 aromatic carbocycles. The molecule has 4 heteroatoms. The fourth-order valence-electron chi connectivity index (χ4n) is 1.52. The van der Waals surface area contributed by atoms with Crippen molar-refractivity contribution in [1.82, 2.24) is 0 Å². The normalized spacial score (nSPS) is 11.8. The van der Waals surface area contributed by atoms with E-state index < -0.39 is 0 Å². The van der Waals surface area contributed by atoms with Crippen LogP contribution in [0.1, 0.15) is 25.8 Å². The fourth-order valence-corrected chi connectivity index (χ4v) is 1.52. The number of ether oxygens (including phenoxy) is 3. The monoisotopic (exact) mass is 263 g/mol. The van der Waals surface area contributed by atoms with Crippen molar-refractivity contribution in [3.63, 3.8) is 0 Å². The van der Waals surface area contributed by atoms with Gasteiger partial charge in [-0.1, -0.05) is 6.07 Å². The molecule has 104 valence electrons. The third-order valence-corrected chi connectivity index (χ3v) is 2.48. The first-order chi connectivity index (χ1) is 9.26. The summed E-state index contributed by atoms with van der Waals surface area (Å²) in [5.74, 6) is 0.724. The fraction of sp³-hybridized carbons (Fsp3) is 0.533. The quantitative estimate of drug-likeness (QED) is 0.643. The van der Waals surface area contributed by atoms with Gasteiger partial charge in [0.05, 0.1) is 37.6 Å². The molecule has 0 heterocycles. The second-order valence-electron chi connectivity index (χ2n) is 4.18. The molecule has 1 rings (SSSR count). The van der Waals surface area contributed by atoms with Gasteiger partial charge >= 0.3 is 0 Å². The lowest BCUT2D eigenvalue weighted by atomic mass is 10.2. The molecule has 19 heavy (non-hydrogen) atoms. The molecule has 0 aliphatic rings. The third-order valence-electron chi connectivity index (χ3n) is 2.48. The molecule has 0 saturated heterocycles. The van der Waals surface area contributed by atoms with Crippen LogP contribution < -0.4 is 4.74 Å². The van der Waals surface area contributed by atoms with Crippen molar-refractivity contribution in [1.29, 1.82) is 5.26 Å². The van der Waals surface area contributed by atoms with E-state index in [0.717, 1.165) is 12.2 Å². The lowest BCUT2D eigenvalue weighted by Gasteiger charge is -2.13. The van der Waals surface area contributed by atoms with E-state index in [1.165, 1.54) is 0 Å². The predicted molar refractivity (Wildman–Crippen MR) is 73.2 cm³/mol. The van der Waals surface area contributed by atoms with Gasteiger partial charge in [0.15, 0.2) is 0 Å². The van der Waals surface area contributed by atoms with Gasteiger partial charge in [0.2, 0.25) is 0 Å². The molecule has 4 nitrogen and oxygen atoms in total. The maximum absolute atomic E-state index is 8.77. The van der Waals surface area contributed by atoms with Gasteiger partial charge in [-0.3, -0.25) is 0 Å². The van der Waals surface area contributed by atoms with Gasteiger partial charge in [-0.2, -0.15) is 5.26 Å². The van der Waals surface area contributed by atoms with Crippen LogP contribution in [-0.4, -0.2) is 32.5 Å². The van der Waals surface area contributed by atoms with Crippen LogP contribution in [0.15, 0.2) is 24.3 Å². The Balaban J connectivity index is 2.12. The van der Waals surface area contributed by atoms with E-state index in [1.807, 2.05) is 26.0 Å². The van der Waals surface area contributed by atoms with Gasteiger partial charge in [0.25, 0.3) is 0 Å². The van der Waals surface area contributed by atoms with E-state index in [1.54, 1.807) is 12.1 Å². The summed E-state index contributed by atoms with van der Waals surface area (Å²) in [5.41, 5.74) is 0.610. The summed E-state index contributed by atoms with van der Waals surface area (Å²) in [4.78, 5) is 0. The molecule has 0 bridgehead atoms. The van der Waals surface area contributed by atoms with Crippen molar-refractivity contribution in [2.24, 2.45) is 0 Å². The summed E-state index contributed by atoms with van der Waals surface area (Å²) >= 11 is 0. The van der Waals surface area contributed by atoms with Crippen molar-refractivity contribution < 1.29 is 14.2 Å². The van der Waals surface area contributed by atoms with E-state index in [9.17, 15) is 0 Å². The Bertz CT molecular complexity index is 401. The van der Waals surface area contributed by atoms with Crippen molar-refractivity contribution in [2.75, 3.05) is 26.4 Å². The van der Waals surface area contributed by atoms with Gasteiger partial charge < -0.3 is 14.2 Å². The van der Waals surface area contributed by atoms with E-state index >= 15 is 0 Å². The summed E-state index contributed by atoms with van der Waals surface area (Å²) in [6, 6.07) is 9.24. The first kappa shape index (κ1) is 15.5. The average Bonchev–Trinajstić information content (AvgIpc) is 2.45. The molecular formula is C15H21NO3. The number of hydrogen-bond donors (Lipinski definition) is 0. The minimum absolute atomic E-state index is 0.113. The summed E-state index contributed by atoms with van der Waals surface area (Å²) < 4.78 is 16.4. The number of rotatable bonds is 9. The number of benzene rings is 1. The van der Waals surface area contributed by atoms with Crippen LogP contribution in [-0.2, 0) is 9.47 Å². The van der Waals surface area contributed by atoms with Gasteiger partial charge in [-0.05, 0) is 32.0 Å². The number of hydrogen-bond acceptors (Lipinski definition) is 4. The topological polar surface area (TPSA) is 51.5 Å². The Morgan fingerprint density at radius 1 is 1.32 bits per heavy atom. The Morgan fingerprint density at radius 3 is 2.89 bits per heavy atom. The number of nitrogens with zero attached hydrogens (tertiary/aromatic N) is 1. The highest BCUT2D eigenvalue weighted by Crippen LogP contribution is 2.12. The van der Waals surface area contributed by atoms with E-state index in [2.05, 4.69) is 6.07 Å². The SMILES string of the molecule is CCOCC(C)OCCCOc1cccc(C#N)c1. The molecule has 0 saturated carbocycles. The summed E-state index contributed by atoms with van der Waals surface area (Å²) in [6.45, 7) is 6.53. The summed E-state index contributed by atoms with van der Waals surface area (Å²) in [5, 5.41) is 8.77.